The van der Waals surface area contributed by atoms with Crippen molar-refractivity contribution in [3.05, 3.63) is 29.8 Å². The third-order valence-corrected chi connectivity index (χ3v) is 8.10. The second kappa shape index (κ2) is 10.3. The van der Waals surface area contributed by atoms with Crippen LogP contribution < -0.4 is 4.74 Å². The number of carbonyl (C=O) groups excluding carboxylic acids is 1. The van der Waals surface area contributed by atoms with Crippen LogP contribution >= 0.6 is 0 Å². The van der Waals surface area contributed by atoms with Gasteiger partial charge in [-0.3, -0.25) is 0 Å². The average molecular weight is 487 g/mol. The number of ether oxygens (including phenoxy) is 4. The first-order valence-corrected chi connectivity index (χ1v) is 13.4. The van der Waals surface area contributed by atoms with Crippen LogP contribution in [0.2, 0.25) is 0 Å². The van der Waals surface area contributed by atoms with Crippen molar-refractivity contribution in [1.29, 1.82) is 0 Å². The topological polar surface area (TPSA) is 60.5 Å². The number of hydrogen-bond donors (Lipinski definition) is 0. The number of carbonyl (C=O) groups is 1. The Hall–Kier alpha value is -1.83. The molecule has 7 nitrogen and oxygen atoms in total. The van der Waals surface area contributed by atoms with Crippen LogP contribution in [0.15, 0.2) is 24.3 Å². The van der Waals surface area contributed by atoms with Gasteiger partial charge in [-0.2, -0.15) is 0 Å². The van der Waals surface area contributed by atoms with Gasteiger partial charge in [-0.05, 0) is 83.5 Å². The fourth-order valence-electron chi connectivity index (χ4n) is 6.34. The van der Waals surface area contributed by atoms with Crippen LogP contribution in [0.4, 0.5) is 4.79 Å². The van der Waals surface area contributed by atoms with Crippen LogP contribution in [0.5, 0.6) is 5.75 Å². The van der Waals surface area contributed by atoms with E-state index in [-0.39, 0.29) is 12.2 Å². The van der Waals surface area contributed by atoms with E-state index in [0.29, 0.717) is 43.8 Å². The first-order chi connectivity index (χ1) is 16.8. The molecule has 1 amide bonds. The number of hydrogen-bond acceptors (Lipinski definition) is 6. The minimum Gasteiger partial charge on any atom is -0.490 e. The summed E-state index contributed by atoms with van der Waals surface area (Å²) >= 11 is 0. The van der Waals surface area contributed by atoms with Crippen molar-refractivity contribution >= 4 is 6.09 Å². The lowest BCUT2D eigenvalue weighted by atomic mass is 9.78. The Bertz CT molecular complexity index is 864. The van der Waals surface area contributed by atoms with Gasteiger partial charge in [0, 0.05) is 24.5 Å². The summed E-state index contributed by atoms with van der Waals surface area (Å²) in [6.07, 6.45) is 5.87. The van der Waals surface area contributed by atoms with E-state index in [1.54, 1.807) is 0 Å². The van der Waals surface area contributed by atoms with E-state index in [0.717, 1.165) is 44.8 Å². The summed E-state index contributed by atoms with van der Waals surface area (Å²) in [7, 11) is 0. The predicted molar refractivity (Wildman–Crippen MR) is 134 cm³/mol. The van der Waals surface area contributed by atoms with Crippen LogP contribution in [0, 0.1) is 5.41 Å². The van der Waals surface area contributed by atoms with E-state index in [1.807, 2.05) is 25.7 Å². The van der Waals surface area contributed by atoms with E-state index in [9.17, 15) is 4.79 Å². The number of para-hydroxylation sites is 1. The van der Waals surface area contributed by atoms with Gasteiger partial charge in [-0.1, -0.05) is 18.2 Å². The zero-order valence-electron chi connectivity index (χ0n) is 21.7. The standard InChI is InChI=1S/C28H42N2O5/c1-27(2,3)35-26(31)30-19-28(20-30)11-8-22(16-28)29-12-9-21(10-13-29)24-6-4-5-7-25(24)34-18-23-17-32-14-15-33-23/h4-7,21-23H,8-20H2,1-3H3/t22-,23-/m1/s1. The molecular weight excluding hydrogens is 444 g/mol. The lowest BCUT2D eigenvalue weighted by Crippen LogP contribution is -2.58. The number of nitrogens with zero attached hydrogens (tertiary/aromatic N) is 2. The normalized spacial score (nSPS) is 27.6. The molecule has 3 heterocycles. The average Bonchev–Trinajstić information content (AvgIpc) is 3.28. The highest BCUT2D eigenvalue weighted by atomic mass is 16.6. The maximum absolute atomic E-state index is 12.4. The molecule has 4 aliphatic rings. The molecule has 1 spiro atoms. The molecule has 5 rings (SSSR count). The predicted octanol–water partition coefficient (Wildman–Crippen LogP) is 4.45. The molecule has 3 saturated heterocycles. The fourth-order valence-corrected chi connectivity index (χ4v) is 6.34. The van der Waals surface area contributed by atoms with Crippen molar-refractivity contribution in [3.8, 4) is 5.75 Å². The molecular formula is C28H42N2O5. The van der Waals surface area contributed by atoms with E-state index < -0.39 is 5.60 Å². The molecule has 2 atom stereocenters. The molecule has 1 aromatic carbocycles. The molecule has 0 aromatic heterocycles. The number of likely N-dealkylation sites (tertiary alicyclic amines) is 2. The van der Waals surface area contributed by atoms with E-state index >= 15 is 0 Å². The van der Waals surface area contributed by atoms with Crippen LogP contribution in [0.25, 0.3) is 0 Å². The smallest absolute Gasteiger partial charge is 0.410 e. The lowest BCUT2D eigenvalue weighted by Gasteiger charge is -2.48. The lowest BCUT2D eigenvalue weighted by molar-refractivity contribution is -0.101. The molecule has 0 radical (unpaired) electrons. The summed E-state index contributed by atoms with van der Waals surface area (Å²) in [5.74, 6) is 1.53. The van der Waals surface area contributed by atoms with Crippen LogP contribution in [0.3, 0.4) is 0 Å². The highest BCUT2D eigenvalue weighted by Gasteiger charge is 2.51. The minimum absolute atomic E-state index is 0.0195. The SMILES string of the molecule is CC(C)(C)OC(=O)N1CC2(CC[C@@H](N3CCC(c4ccccc4OC[C@H]4COCCO4)CC3)C2)C1. The molecule has 194 valence electrons. The molecule has 4 fully saturated rings. The molecule has 1 aromatic rings. The van der Waals surface area contributed by atoms with Crippen molar-refractivity contribution < 1.29 is 23.7 Å². The number of rotatable bonds is 5. The molecule has 0 N–H and O–H groups in total. The van der Waals surface area contributed by atoms with Gasteiger partial charge in [-0.15, -0.1) is 0 Å². The first-order valence-electron chi connectivity index (χ1n) is 13.4. The Morgan fingerprint density at radius 2 is 1.89 bits per heavy atom. The molecule has 0 unspecified atom stereocenters. The molecule has 1 aliphatic carbocycles. The second-order valence-corrected chi connectivity index (χ2v) is 12.0. The zero-order chi connectivity index (χ0) is 24.5. The number of benzene rings is 1. The Balaban J connectivity index is 1.09. The summed E-state index contributed by atoms with van der Waals surface area (Å²) in [5.41, 5.74) is 1.22. The summed E-state index contributed by atoms with van der Waals surface area (Å²) in [4.78, 5) is 17.0. The minimum atomic E-state index is -0.426. The van der Waals surface area contributed by atoms with Gasteiger partial charge in [0.15, 0.2) is 0 Å². The van der Waals surface area contributed by atoms with Crippen molar-refractivity contribution in [2.45, 2.75) is 76.5 Å². The van der Waals surface area contributed by atoms with Crippen LogP contribution in [-0.4, -0.2) is 86.2 Å². The summed E-state index contributed by atoms with van der Waals surface area (Å²) in [5, 5.41) is 0. The highest BCUT2D eigenvalue weighted by Crippen LogP contribution is 2.48. The Morgan fingerprint density at radius 3 is 2.60 bits per heavy atom. The van der Waals surface area contributed by atoms with Gasteiger partial charge in [-0.25, -0.2) is 4.79 Å². The van der Waals surface area contributed by atoms with Gasteiger partial charge in [0.05, 0.1) is 19.8 Å². The van der Waals surface area contributed by atoms with E-state index in [4.69, 9.17) is 18.9 Å². The summed E-state index contributed by atoms with van der Waals surface area (Å²) in [6, 6.07) is 9.16. The largest absolute Gasteiger partial charge is 0.490 e. The number of amides is 1. The summed E-state index contributed by atoms with van der Waals surface area (Å²) in [6.45, 7) is 12.3. The monoisotopic (exact) mass is 486 g/mol. The highest BCUT2D eigenvalue weighted by molar-refractivity contribution is 5.69. The second-order valence-electron chi connectivity index (χ2n) is 12.0. The van der Waals surface area contributed by atoms with Crippen molar-refractivity contribution in [2.24, 2.45) is 5.41 Å². The fraction of sp³-hybridized carbons (Fsp3) is 0.750. The Morgan fingerprint density at radius 1 is 1.11 bits per heavy atom. The van der Waals surface area contributed by atoms with Crippen molar-refractivity contribution in [3.63, 3.8) is 0 Å². The molecule has 35 heavy (non-hydrogen) atoms. The Labute approximate surface area is 210 Å². The van der Waals surface area contributed by atoms with E-state index in [1.165, 1.54) is 24.8 Å². The van der Waals surface area contributed by atoms with Gasteiger partial charge in [0.2, 0.25) is 0 Å². The van der Waals surface area contributed by atoms with Crippen molar-refractivity contribution in [2.75, 3.05) is 52.6 Å². The maximum Gasteiger partial charge on any atom is 0.410 e. The van der Waals surface area contributed by atoms with Gasteiger partial charge < -0.3 is 28.7 Å². The van der Waals surface area contributed by atoms with E-state index in [2.05, 4.69) is 29.2 Å². The first kappa shape index (κ1) is 24.8. The third-order valence-electron chi connectivity index (χ3n) is 8.10. The molecule has 0 bridgehead atoms. The van der Waals surface area contributed by atoms with Gasteiger partial charge >= 0.3 is 6.09 Å². The van der Waals surface area contributed by atoms with Crippen LogP contribution in [0.1, 0.15) is 64.4 Å². The molecule has 1 saturated carbocycles. The Kier molecular flexibility index (Phi) is 7.29. The van der Waals surface area contributed by atoms with Crippen molar-refractivity contribution in [1.82, 2.24) is 9.80 Å². The quantitative estimate of drug-likeness (QED) is 0.613. The van der Waals surface area contributed by atoms with Crippen LogP contribution in [-0.2, 0) is 14.2 Å². The van der Waals surface area contributed by atoms with Gasteiger partial charge in [0.25, 0.3) is 0 Å². The maximum atomic E-state index is 12.4. The third kappa shape index (κ3) is 5.95. The molecule has 7 heteroatoms. The van der Waals surface area contributed by atoms with Gasteiger partial charge in [0.1, 0.15) is 24.1 Å². The summed E-state index contributed by atoms with van der Waals surface area (Å²) < 4.78 is 23.0. The zero-order valence-corrected chi connectivity index (χ0v) is 21.7. The number of piperidine rings is 1. The molecule has 3 aliphatic heterocycles.